The molecule has 1 heterocycles. The summed E-state index contributed by atoms with van der Waals surface area (Å²) in [4.78, 5) is 35.8. The molecule has 5 rings (SSSR count). The summed E-state index contributed by atoms with van der Waals surface area (Å²) in [5.74, 6) is 1.13. The number of alkyl halides is 1. The quantitative estimate of drug-likeness (QED) is 0.416. The van der Waals surface area contributed by atoms with Crippen LogP contribution < -0.4 is 0 Å². The predicted molar refractivity (Wildman–Crippen MR) is 120 cm³/mol. The van der Waals surface area contributed by atoms with Crippen LogP contribution >= 0.6 is 15.9 Å². The van der Waals surface area contributed by atoms with Crippen LogP contribution in [0.5, 0.6) is 0 Å². The highest BCUT2D eigenvalue weighted by Gasteiger charge is 2.72. The molecule has 0 unspecified atom stereocenters. The van der Waals surface area contributed by atoms with Crippen molar-refractivity contribution in [2.45, 2.75) is 88.7 Å². The van der Waals surface area contributed by atoms with E-state index in [1.54, 1.807) is 0 Å². The van der Waals surface area contributed by atoms with E-state index in [2.05, 4.69) is 22.9 Å². The molecule has 9 atom stereocenters. The normalized spacial score (nSPS) is 48.9. The molecule has 0 spiro atoms. The van der Waals surface area contributed by atoms with Gasteiger partial charge in [-0.3, -0.25) is 14.4 Å². The molecule has 0 aromatic heterocycles. The smallest absolute Gasteiger partial charge is 0.303 e. The highest BCUT2D eigenvalue weighted by atomic mass is 79.9. The average molecular weight is 511 g/mol. The molecule has 4 aliphatic carbocycles. The Bertz CT molecular complexity index is 829. The lowest BCUT2D eigenvalue weighted by molar-refractivity contribution is -0.155. The largest absolute Gasteiger partial charge is 0.463 e. The summed E-state index contributed by atoms with van der Waals surface area (Å²) in [7, 11) is 0. The van der Waals surface area contributed by atoms with Gasteiger partial charge in [0, 0.05) is 31.6 Å². The maximum absolute atomic E-state index is 13.0. The zero-order chi connectivity index (χ0) is 22.9. The van der Waals surface area contributed by atoms with E-state index in [9.17, 15) is 14.4 Å². The van der Waals surface area contributed by atoms with Crippen molar-refractivity contribution < 1.29 is 28.6 Å². The number of halogens is 1. The number of ketones is 1. The van der Waals surface area contributed by atoms with E-state index in [0.29, 0.717) is 17.8 Å². The Hall–Kier alpha value is -0.950. The Kier molecular flexibility index (Phi) is 5.56. The van der Waals surface area contributed by atoms with E-state index in [-0.39, 0.29) is 57.6 Å². The molecule has 5 aliphatic rings. The summed E-state index contributed by atoms with van der Waals surface area (Å²) in [6.07, 6.45) is 7.96. The van der Waals surface area contributed by atoms with Crippen molar-refractivity contribution >= 4 is 33.7 Å². The molecule has 0 aromatic carbocycles. The van der Waals surface area contributed by atoms with E-state index in [1.807, 2.05) is 0 Å². The molecule has 7 heteroatoms. The first kappa shape index (κ1) is 22.8. The van der Waals surface area contributed by atoms with Gasteiger partial charge >= 0.3 is 11.9 Å². The number of ether oxygens (including phenoxy) is 3. The Morgan fingerprint density at radius 1 is 1.03 bits per heavy atom. The maximum atomic E-state index is 13.0. The van der Waals surface area contributed by atoms with Crippen molar-refractivity contribution in [3.63, 3.8) is 0 Å². The van der Waals surface area contributed by atoms with E-state index in [0.717, 1.165) is 58.0 Å². The van der Waals surface area contributed by atoms with Crippen molar-refractivity contribution in [1.29, 1.82) is 0 Å². The summed E-state index contributed by atoms with van der Waals surface area (Å²) in [5, 5.41) is 0. The van der Waals surface area contributed by atoms with Gasteiger partial charge in [0.2, 0.25) is 0 Å². The molecule has 178 valence electrons. The molecule has 0 aromatic rings. The topological polar surface area (TPSA) is 78.9 Å². The van der Waals surface area contributed by atoms with Gasteiger partial charge in [-0.05, 0) is 68.1 Å². The first-order valence-corrected chi connectivity index (χ1v) is 13.0. The first-order chi connectivity index (χ1) is 15.1. The van der Waals surface area contributed by atoms with E-state index in [4.69, 9.17) is 14.2 Å². The van der Waals surface area contributed by atoms with Gasteiger partial charge in [0.05, 0.1) is 17.0 Å². The van der Waals surface area contributed by atoms with Crippen LogP contribution in [0.4, 0.5) is 0 Å². The van der Waals surface area contributed by atoms with Crippen LogP contribution in [0.3, 0.4) is 0 Å². The van der Waals surface area contributed by atoms with E-state index < -0.39 is 0 Å². The highest BCUT2D eigenvalue weighted by molar-refractivity contribution is 9.10. The highest BCUT2D eigenvalue weighted by Crippen LogP contribution is 2.73. The Morgan fingerprint density at radius 2 is 1.81 bits per heavy atom. The van der Waals surface area contributed by atoms with Crippen molar-refractivity contribution in [2.75, 3.05) is 13.2 Å². The number of rotatable bonds is 4. The number of carbonyl (C=O) groups excluding carboxylic acids is 3. The fourth-order valence-corrected chi connectivity index (χ4v) is 10.1. The second kappa shape index (κ2) is 7.79. The third-order valence-corrected chi connectivity index (χ3v) is 11.7. The van der Waals surface area contributed by atoms with Gasteiger partial charge in [0.15, 0.2) is 5.78 Å². The number of fused-ring (bicyclic) bond motifs is 3. The fourth-order valence-electron chi connectivity index (χ4n) is 8.83. The van der Waals surface area contributed by atoms with E-state index in [1.165, 1.54) is 13.8 Å². The molecule has 5 fully saturated rings. The summed E-state index contributed by atoms with van der Waals surface area (Å²) < 4.78 is 17.0. The number of esters is 2. The molecule has 4 saturated carbocycles. The van der Waals surface area contributed by atoms with Gasteiger partial charge < -0.3 is 14.2 Å². The van der Waals surface area contributed by atoms with Crippen LogP contribution in [0.25, 0.3) is 0 Å². The molecular weight excluding hydrogens is 476 g/mol. The zero-order valence-corrected chi connectivity index (χ0v) is 20.9. The number of carbonyl (C=O) groups is 3. The predicted octanol–water partition coefficient (Wildman–Crippen LogP) is 4.22. The molecular formula is C25H35BrO6. The summed E-state index contributed by atoms with van der Waals surface area (Å²) in [6.45, 7) is 5.86. The van der Waals surface area contributed by atoms with Gasteiger partial charge in [0.25, 0.3) is 0 Å². The average Bonchev–Trinajstić information content (AvgIpc) is 3.14. The summed E-state index contributed by atoms with van der Waals surface area (Å²) >= 11 is 4.19. The van der Waals surface area contributed by atoms with Gasteiger partial charge in [-0.15, -0.1) is 0 Å². The number of hydrogen-bond acceptors (Lipinski definition) is 6. The van der Waals surface area contributed by atoms with Crippen molar-refractivity contribution in [3.05, 3.63) is 0 Å². The molecule has 32 heavy (non-hydrogen) atoms. The Morgan fingerprint density at radius 3 is 2.53 bits per heavy atom. The zero-order valence-electron chi connectivity index (χ0n) is 19.4. The van der Waals surface area contributed by atoms with Crippen LogP contribution in [0.15, 0.2) is 0 Å². The van der Waals surface area contributed by atoms with Gasteiger partial charge in [0.1, 0.15) is 12.7 Å². The lowest BCUT2D eigenvalue weighted by Crippen LogP contribution is -2.63. The summed E-state index contributed by atoms with van der Waals surface area (Å²) in [6, 6.07) is 0. The van der Waals surface area contributed by atoms with Crippen LogP contribution in [-0.4, -0.2) is 47.5 Å². The molecule has 0 N–H and O–H groups in total. The second-order valence-electron chi connectivity index (χ2n) is 11.3. The minimum atomic E-state index is -0.389. The molecule has 2 bridgehead atoms. The lowest BCUT2D eigenvalue weighted by Gasteiger charge is -2.62. The van der Waals surface area contributed by atoms with Crippen LogP contribution in [0.2, 0.25) is 0 Å². The third kappa shape index (κ3) is 3.16. The Balaban J connectivity index is 1.38. The Labute approximate surface area is 198 Å². The standard InChI is InChI=1S/C25H35BrO6/c1-14(27)30-12-21(29)20-5-4-18-17-10-22-25(26)11-16(32-15(2)28)6-9-24(25,13-31-22)19(17)7-8-23(18,20)3/h16-20,22H,4-13H2,1-3H3/t16-,17-,18-,19-,20+,22-,23-,24-,25-/m0/s1. The number of Topliss-reactive ketones (excluding diaryl/α,β-unsaturated/α-hetero) is 1. The molecule has 6 nitrogen and oxygen atoms in total. The SMILES string of the molecule is CC(=O)OCC(=O)[C@H]1CC[C@H]2[C@@H]3C[C@@H]4OC[C@@]5(CC[C@H](OC(C)=O)C[C@]45Br)[C@H]3CC[C@]12C. The first-order valence-electron chi connectivity index (χ1n) is 12.2. The third-order valence-electron chi connectivity index (χ3n) is 10.1. The monoisotopic (exact) mass is 510 g/mol. The minimum absolute atomic E-state index is 0.0146. The number of hydrogen-bond donors (Lipinski definition) is 0. The maximum Gasteiger partial charge on any atom is 0.303 e. The van der Waals surface area contributed by atoms with Gasteiger partial charge in [-0.1, -0.05) is 22.9 Å². The molecule has 1 aliphatic heterocycles. The molecule has 0 radical (unpaired) electrons. The minimum Gasteiger partial charge on any atom is -0.463 e. The lowest BCUT2D eigenvalue weighted by atomic mass is 9.44. The van der Waals surface area contributed by atoms with Crippen molar-refractivity contribution in [2.24, 2.45) is 34.5 Å². The van der Waals surface area contributed by atoms with Crippen LogP contribution in [0.1, 0.15) is 72.1 Å². The van der Waals surface area contributed by atoms with Crippen LogP contribution in [-0.2, 0) is 28.6 Å². The molecule has 1 saturated heterocycles. The van der Waals surface area contributed by atoms with Gasteiger partial charge in [-0.25, -0.2) is 0 Å². The van der Waals surface area contributed by atoms with Gasteiger partial charge in [-0.2, -0.15) is 0 Å². The van der Waals surface area contributed by atoms with E-state index >= 15 is 0 Å². The molecule has 0 amide bonds. The fraction of sp³-hybridized carbons (Fsp3) is 0.880. The van der Waals surface area contributed by atoms with Crippen LogP contribution in [0, 0.1) is 34.5 Å². The summed E-state index contributed by atoms with van der Waals surface area (Å²) in [5.41, 5.74) is 0.0636. The van der Waals surface area contributed by atoms with Crippen molar-refractivity contribution in [3.8, 4) is 0 Å². The second-order valence-corrected chi connectivity index (χ2v) is 12.7. The van der Waals surface area contributed by atoms with Crippen molar-refractivity contribution in [1.82, 2.24) is 0 Å².